The van der Waals surface area contributed by atoms with E-state index in [1.807, 2.05) is 4.90 Å². The molecular weight excluding hydrogens is 263 g/mol. The second-order valence-corrected chi connectivity index (χ2v) is 4.49. The van der Waals surface area contributed by atoms with Gasteiger partial charge in [0, 0.05) is 24.9 Å². The molecule has 0 radical (unpaired) electrons. The van der Waals surface area contributed by atoms with Crippen molar-refractivity contribution in [3.63, 3.8) is 0 Å². The molecule has 0 bridgehead atoms. The minimum atomic E-state index is -0.560. The lowest BCUT2D eigenvalue weighted by Gasteiger charge is -2.25. The summed E-state index contributed by atoms with van der Waals surface area (Å²) in [6, 6.07) is 6.18. The van der Waals surface area contributed by atoms with Gasteiger partial charge in [-0.1, -0.05) is 17.3 Å². The average molecular weight is 276 g/mol. The molecule has 1 fully saturated rings. The third-order valence-electron chi connectivity index (χ3n) is 3.18. The molecular formula is C14H13FN2O3. The van der Waals surface area contributed by atoms with E-state index in [0.29, 0.717) is 26.3 Å². The van der Waals surface area contributed by atoms with Gasteiger partial charge in [-0.05, 0) is 12.1 Å². The van der Waals surface area contributed by atoms with Crippen LogP contribution in [0, 0.1) is 5.82 Å². The van der Waals surface area contributed by atoms with Crippen LogP contribution in [0.5, 0.6) is 0 Å². The molecule has 0 spiro atoms. The van der Waals surface area contributed by atoms with Crippen molar-refractivity contribution in [3.05, 3.63) is 47.4 Å². The van der Waals surface area contributed by atoms with Crippen molar-refractivity contribution in [2.24, 2.45) is 5.16 Å². The van der Waals surface area contributed by atoms with Gasteiger partial charge in [0.25, 0.3) is 0 Å². The highest BCUT2D eigenvalue weighted by Crippen LogP contribution is 2.21. The molecule has 6 heteroatoms. The SMILES string of the molecule is O=C1ON=C(c2ccccc2F)C1=CN1CCOCC1. The Morgan fingerprint density at radius 1 is 1.25 bits per heavy atom. The molecule has 20 heavy (non-hydrogen) atoms. The van der Waals surface area contributed by atoms with Crippen molar-refractivity contribution in [2.45, 2.75) is 0 Å². The number of benzene rings is 1. The Morgan fingerprint density at radius 2 is 2.00 bits per heavy atom. The van der Waals surface area contributed by atoms with Crippen LogP contribution in [0.4, 0.5) is 4.39 Å². The van der Waals surface area contributed by atoms with E-state index in [4.69, 9.17) is 4.74 Å². The molecule has 0 N–H and O–H groups in total. The standard InChI is InChI=1S/C14H13FN2O3/c15-12-4-2-1-3-10(12)13-11(14(18)20-16-13)9-17-5-7-19-8-6-17/h1-4,9H,5-8H2. The number of rotatable bonds is 2. The van der Waals surface area contributed by atoms with Gasteiger partial charge in [0.05, 0.1) is 13.2 Å². The Kier molecular flexibility index (Phi) is 3.47. The van der Waals surface area contributed by atoms with Crippen LogP contribution in [0.3, 0.4) is 0 Å². The maximum absolute atomic E-state index is 13.8. The third kappa shape index (κ3) is 2.42. The Hall–Kier alpha value is -2.21. The number of nitrogens with zero attached hydrogens (tertiary/aromatic N) is 2. The van der Waals surface area contributed by atoms with Gasteiger partial charge in [-0.15, -0.1) is 0 Å². The topological polar surface area (TPSA) is 51.1 Å². The van der Waals surface area contributed by atoms with Gasteiger partial charge < -0.3 is 14.5 Å². The van der Waals surface area contributed by atoms with Crippen molar-refractivity contribution < 1.29 is 18.8 Å². The van der Waals surface area contributed by atoms with E-state index in [-0.39, 0.29) is 16.8 Å². The summed E-state index contributed by atoms with van der Waals surface area (Å²) in [4.78, 5) is 18.4. The highest BCUT2D eigenvalue weighted by Gasteiger charge is 2.29. The molecule has 1 aromatic carbocycles. The zero-order valence-electron chi connectivity index (χ0n) is 10.7. The lowest BCUT2D eigenvalue weighted by atomic mass is 10.0. The second kappa shape index (κ2) is 5.42. The van der Waals surface area contributed by atoms with Gasteiger partial charge in [-0.25, -0.2) is 9.18 Å². The first-order valence-corrected chi connectivity index (χ1v) is 6.34. The Bertz CT molecular complexity index is 592. The Morgan fingerprint density at radius 3 is 2.75 bits per heavy atom. The van der Waals surface area contributed by atoms with Crippen molar-refractivity contribution in [2.75, 3.05) is 26.3 Å². The molecule has 5 nitrogen and oxygen atoms in total. The Labute approximate surface area is 115 Å². The molecule has 3 rings (SSSR count). The molecule has 0 saturated carbocycles. The zero-order valence-corrected chi connectivity index (χ0v) is 10.7. The van der Waals surface area contributed by atoms with E-state index in [1.54, 1.807) is 24.4 Å². The van der Waals surface area contributed by atoms with Crippen molar-refractivity contribution >= 4 is 11.7 Å². The summed E-state index contributed by atoms with van der Waals surface area (Å²) in [5.74, 6) is -0.993. The normalized spacial score (nSPS) is 21.1. The minimum absolute atomic E-state index is 0.236. The van der Waals surface area contributed by atoms with Crippen LogP contribution < -0.4 is 0 Å². The number of halogens is 1. The van der Waals surface area contributed by atoms with Crippen LogP contribution in [-0.2, 0) is 14.4 Å². The third-order valence-corrected chi connectivity index (χ3v) is 3.18. The molecule has 104 valence electrons. The molecule has 0 amide bonds. The van der Waals surface area contributed by atoms with Crippen molar-refractivity contribution in [3.8, 4) is 0 Å². The molecule has 1 saturated heterocycles. The van der Waals surface area contributed by atoms with E-state index in [2.05, 4.69) is 9.99 Å². The van der Waals surface area contributed by atoms with E-state index >= 15 is 0 Å². The van der Waals surface area contributed by atoms with Gasteiger partial charge in [-0.3, -0.25) is 0 Å². The van der Waals surface area contributed by atoms with Gasteiger partial charge in [0.2, 0.25) is 0 Å². The summed E-state index contributed by atoms with van der Waals surface area (Å²) in [6.07, 6.45) is 1.67. The van der Waals surface area contributed by atoms with Crippen LogP contribution in [-0.4, -0.2) is 42.9 Å². The van der Waals surface area contributed by atoms with E-state index in [9.17, 15) is 9.18 Å². The van der Waals surface area contributed by atoms with Gasteiger partial charge in [0.15, 0.2) is 0 Å². The number of hydrogen-bond donors (Lipinski definition) is 0. The molecule has 0 aromatic heterocycles. The maximum atomic E-state index is 13.8. The number of ether oxygens (including phenoxy) is 1. The predicted octanol–water partition coefficient (Wildman–Crippen LogP) is 1.30. The first-order chi connectivity index (χ1) is 9.75. The molecule has 2 aliphatic heterocycles. The maximum Gasteiger partial charge on any atom is 0.369 e. The van der Waals surface area contributed by atoms with Crippen molar-refractivity contribution in [1.29, 1.82) is 0 Å². The molecule has 2 heterocycles. The molecule has 0 atom stereocenters. The van der Waals surface area contributed by atoms with Crippen LogP contribution in [0.25, 0.3) is 0 Å². The molecule has 0 aliphatic carbocycles. The number of morpholine rings is 1. The zero-order chi connectivity index (χ0) is 13.9. The van der Waals surface area contributed by atoms with Gasteiger partial charge in [-0.2, -0.15) is 0 Å². The quantitative estimate of drug-likeness (QED) is 0.603. The monoisotopic (exact) mass is 276 g/mol. The summed E-state index contributed by atoms with van der Waals surface area (Å²) in [7, 11) is 0. The summed E-state index contributed by atoms with van der Waals surface area (Å²) in [5.41, 5.74) is 0.773. The molecule has 1 aromatic rings. The fraction of sp³-hybridized carbons (Fsp3) is 0.286. The van der Waals surface area contributed by atoms with E-state index in [1.165, 1.54) is 6.07 Å². The summed E-state index contributed by atoms with van der Waals surface area (Å²) in [6.45, 7) is 2.57. The van der Waals surface area contributed by atoms with E-state index < -0.39 is 11.8 Å². The molecule has 2 aliphatic rings. The predicted molar refractivity (Wildman–Crippen MR) is 69.5 cm³/mol. The first kappa shape index (κ1) is 12.8. The minimum Gasteiger partial charge on any atom is -0.378 e. The Balaban J connectivity index is 1.92. The van der Waals surface area contributed by atoms with Crippen LogP contribution in [0.2, 0.25) is 0 Å². The largest absolute Gasteiger partial charge is 0.378 e. The highest BCUT2D eigenvalue weighted by molar-refractivity contribution is 6.28. The second-order valence-electron chi connectivity index (χ2n) is 4.49. The number of carbonyl (C=O) groups is 1. The number of oxime groups is 1. The summed E-state index contributed by atoms with van der Waals surface area (Å²) < 4.78 is 19.1. The number of carbonyl (C=O) groups excluding carboxylic acids is 1. The highest BCUT2D eigenvalue weighted by atomic mass is 19.1. The summed E-state index contributed by atoms with van der Waals surface area (Å²) >= 11 is 0. The van der Waals surface area contributed by atoms with Gasteiger partial charge in [0.1, 0.15) is 17.1 Å². The number of hydrogen-bond acceptors (Lipinski definition) is 5. The van der Waals surface area contributed by atoms with E-state index in [0.717, 1.165) is 0 Å². The van der Waals surface area contributed by atoms with Crippen LogP contribution >= 0.6 is 0 Å². The average Bonchev–Trinajstić information content (AvgIpc) is 2.82. The van der Waals surface area contributed by atoms with Crippen LogP contribution in [0.1, 0.15) is 5.56 Å². The molecule has 0 unspecified atom stereocenters. The van der Waals surface area contributed by atoms with Gasteiger partial charge >= 0.3 is 5.97 Å². The smallest absolute Gasteiger partial charge is 0.369 e. The van der Waals surface area contributed by atoms with Crippen LogP contribution in [0.15, 0.2) is 41.2 Å². The first-order valence-electron chi connectivity index (χ1n) is 6.34. The van der Waals surface area contributed by atoms with Crippen molar-refractivity contribution in [1.82, 2.24) is 4.90 Å². The lowest BCUT2D eigenvalue weighted by Crippen LogP contribution is -2.33. The lowest BCUT2D eigenvalue weighted by molar-refractivity contribution is -0.137. The fourth-order valence-corrected chi connectivity index (χ4v) is 2.13. The summed E-state index contributed by atoms with van der Waals surface area (Å²) in [5, 5.41) is 3.70. The fourth-order valence-electron chi connectivity index (χ4n) is 2.13.